The molecule has 0 spiro atoms. The number of imidazole rings is 1. The van der Waals surface area contributed by atoms with Crippen LogP contribution in [-0.4, -0.2) is 20.9 Å². The van der Waals surface area contributed by atoms with E-state index >= 15 is 0 Å². The maximum Gasteiger partial charge on any atom is 0.213 e. The lowest BCUT2D eigenvalue weighted by atomic mass is 9.86. The van der Waals surface area contributed by atoms with Gasteiger partial charge in [0.05, 0.1) is 0 Å². The molecule has 0 fully saturated rings. The Morgan fingerprint density at radius 3 is 2.35 bits per heavy atom. The molecule has 0 radical (unpaired) electrons. The van der Waals surface area contributed by atoms with Crippen LogP contribution in [0.15, 0.2) is 24.3 Å². The lowest BCUT2D eigenvalue weighted by Gasteiger charge is -2.18. The first-order chi connectivity index (χ1) is 10.8. The van der Waals surface area contributed by atoms with Crippen molar-refractivity contribution < 1.29 is 4.79 Å². The summed E-state index contributed by atoms with van der Waals surface area (Å²) in [6, 6.07) is 8.27. The second kappa shape index (κ2) is 5.57. The first-order valence-corrected chi connectivity index (χ1v) is 8.58. The van der Waals surface area contributed by atoms with E-state index in [1.165, 1.54) is 16.9 Å². The van der Waals surface area contributed by atoms with Gasteiger partial charge in [-0.1, -0.05) is 70.2 Å². The fourth-order valence-corrected chi connectivity index (χ4v) is 3.37. The molecule has 3 aromatic rings. The molecule has 0 bridgehead atoms. The lowest BCUT2D eigenvalue weighted by molar-refractivity contribution is 0.111. The summed E-state index contributed by atoms with van der Waals surface area (Å²) >= 11 is 1.54. The van der Waals surface area contributed by atoms with Crippen molar-refractivity contribution in [3.05, 3.63) is 40.5 Å². The SMILES string of the molecule is CC(C)c1nn2c(C=O)c(-c3ccc(C(C)(C)C)cc3)nc2s1. The molecule has 0 N–H and O–H groups in total. The zero-order valence-corrected chi connectivity index (χ0v) is 14.9. The molecule has 0 aliphatic carbocycles. The molecule has 23 heavy (non-hydrogen) atoms. The highest BCUT2D eigenvalue weighted by Gasteiger charge is 2.19. The standard InChI is InChI=1S/C18H21N3OS/c1-11(2)16-20-21-14(10-22)15(19-17(21)23-16)12-6-8-13(9-7-12)18(3,4)5/h6-11H,1-5H3. The van der Waals surface area contributed by atoms with Crippen LogP contribution < -0.4 is 0 Å². The van der Waals surface area contributed by atoms with Crippen LogP contribution in [0.2, 0.25) is 0 Å². The number of benzene rings is 1. The summed E-state index contributed by atoms with van der Waals surface area (Å²) in [5.74, 6) is 0.329. The number of carbonyl (C=O) groups excluding carboxylic acids is 1. The molecule has 0 saturated carbocycles. The zero-order chi connectivity index (χ0) is 16.8. The van der Waals surface area contributed by atoms with Crippen molar-refractivity contribution in [3.63, 3.8) is 0 Å². The molecule has 0 saturated heterocycles. The molecular weight excluding hydrogens is 306 g/mol. The van der Waals surface area contributed by atoms with Gasteiger partial charge in [-0.05, 0) is 11.0 Å². The quantitative estimate of drug-likeness (QED) is 0.656. The highest BCUT2D eigenvalue weighted by molar-refractivity contribution is 7.16. The van der Waals surface area contributed by atoms with Gasteiger partial charge in [0.2, 0.25) is 4.96 Å². The van der Waals surface area contributed by atoms with E-state index in [0.717, 1.165) is 21.8 Å². The van der Waals surface area contributed by atoms with Gasteiger partial charge in [0.15, 0.2) is 6.29 Å². The fraction of sp³-hybridized carbons (Fsp3) is 0.389. The van der Waals surface area contributed by atoms with Gasteiger partial charge < -0.3 is 0 Å². The molecule has 3 rings (SSSR count). The minimum absolute atomic E-state index is 0.105. The van der Waals surface area contributed by atoms with Gasteiger partial charge in [-0.2, -0.15) is 9.61 Å². The molecule has 4 nitrogen and oxygen atoms in total. The maximum atomic E-state index is 11.6. The second-order valence-corrected chi connectivity index (χ2v) is 8.07. The summed E-state index contributed by atoms with van der Waals surface area (Å²) in [7, 11) is 0. The lowest BCUT2D eigenvalue weighted by Crippen LogP contribution is -2.10. The van der Waals surface area contributed by atoms with E-state index in [2.05, 4.69) is 56.8 Å². The molecule has 0 aliphatic rings. The van der Waals surface area contributed by atoms with Gasteiger partial charge in [0.25, 0.3) is 0 Å². The van der Waals surface area contributed by atoms with E-state index in [1.807, 2.05) is 12.1 Å². The molecule has 2 heterocycles. The number of rotatable bonds is 3. The third-order valence-corrected chi connectivity index (χ3v) is 5.09. The Morgan fingerprint density at radius 2 is 1.83 bits per heavy atom. The second-order valence-electron chi connectivity index (χ2n) is 7.08. The van der Waals surface area contributed by atoms with Crippen LogP contribution in [0.5, 0.6) is 0 Å². The van der Waals surface area contributed by atoms with Gasteiger partial charge in [0.1, 0.15) is 16.4 Å². The predicted molar refractivity (Wildman–Crippen MR) is 94.5 cm³/mol. The minimum Gasteiger partial charge on any atom is -0.296 e. The molecule has 2 aromatic heterocycles. The Morgan fingerprint density at radius 1 is 1.17 bits per heavy atom. The maximum absolute atomic E-state index is 11.6. The topological polar surface area (TPSA) is 47.3 Å². The summed E-state index contributed by atoms with van der Waals surface area (Å²) < 4.78 is 1.67. The molecule has 0 atom stereocenters. The number of fused-ring (bicyclic) bond motifs is 1. The van der Waals surface area contributed by atoms with Crippen LogP contribution in [0.4, 0.5) is 0 Å². The molecule has 0 aliphatic heterocycles. The minimum atomic E-state index is 0.105. The van der Waals surface area contributed by atoms with E-state index < -0.39 is 0 Å². The summed E-state index contributed by atoms with van der Waals surface area (Å²) in [5, 5.41) is 5.52. The van der Waals surface area contributed by atoms with Crippen LogP contribution in [0.3, 0.4) is 0 Å². The molecular formula is C18H21N3OS. The zero-order valence-electron chi connectivity index (χ0n) is 14.1. The monoisotopic (exact) mass is 327 g/mol. The average Bonchev–Trinajstić information content (AvgIpc) is 3.03. The van der Waals surface area contributed by atoms with E-state index in [4.69, 9.17) is 0 Å². The first kappa shape index (κ1) is 15.9. The van der Waals surface area contributed by atoms with Crippen LogP contribution >= 0.6 is 11.3 Å². The highest BCUT2D eigenvalue weighted by Crippen LogP contribution is 2.30. The Kier molecular flexibility index (Phi) is 3.84. The van der Waals surface area contributed by atoms with Crippen molar-refractivity contribution in [2.75, 3.05) is 0 Å². The van der Waals surface area contributed by atoms with Crippen molar-refractivity contribution in [1.29, 1.82) is 0 Å². The van der Waals surface area contributed by atoms with E-state index in [1.54, 1.807) is 4.52 Å². The number of hydrogen-bond donors (Lipinski definition) is 0. The highest BCUT2D eigenvalue weighted by atomic mass is 32.1. The fourth-order valence-electron chi connectivity index (χ4n) is 2.46. The molecule has 0 unspecified atom stereocenters. The summed E-state index contributed by atoms with van der Waals surface area (Å²) in [4.78, 5) is 17.0. The van der Waals surface area contributed by atoms with Gasteiger partial charge in [0, 0.05) is 11.5 Å². The molecule has 1 aromatic carbocycles. The number of aldehydes is 1. The van der Waals surface area contributed by atoms with Crippen LogP contribution in [0.25, 0.3) is 16.2 Å². The van der Waals surface area contributed by atoms with Crippen molar-refractivity contribution in [1.82, 2.24) is 14.6 Å². The Labute approximate surface area is 140 Å². The third kappa shape index (κ3) is 2.81. The Bertz CT molecular complexity index is 851. The third-order valence-electron chi connectivity index (χ3n) is 3.88. The molecule has 5 heteroatoms. The van der Waals surface area contributed by atoms with Crippen LogP contribution in [0, 0.1) is 0 Å². The number of aromatic nitrogens is 3. The van der Waals surface area contributed by atoms with Crippen molar-refractivity contribution in [3.8, 4) is 11.3 Å². The van der Waals surface area contributed by atoms with Crippen LogP contribution in [0.1, 0.15) is 61.6 Å². The van der Waals surface area contributed by atoms with Gasteiger partial charge in [-0.15, -0.1) is 0 Å². The van der Waals surface area contributed by atoms with Gasteiger partial charge in [-0.25, -0.2) is 4.98 Å². The van der Waals surface area contributed by atoms with Gasteiger partial charge >= 0.3 is 0 Å². The Balaban J connectivity index is 2.09. The number of hydrogen-bond acceptors (Lipinski definition) is 4. The largest absolute Gasteiger partial charge is 0.296 e. The smallest absolute Gasteiger partial charge is 0.213 e. The Hall–Kier alpha value is -2.01. The van der Waals surface area contributed by atoms with Crippen molar-refractivity contribution in [2.24, 2.45) is 0 Å². The van der Waals surface area contributed by atoms with E-state index in [-0.39, 0.29) is 5.41 Å². The van der Waals surface area contributed by atoms with E-state index in [0.29, 0.717) is 17.3 Å². The summed E-state index contributed by atoms with van der Waals surface area (Å²) in [5.41, 5.74) is 3.54. The predicted octanol–water partition coefficient (Wildman–Crippen LogP) is 4.69. The van der Waals surface area contributed by atoms with Gasteiger partial charge in [-0.3, -0.25) is 4.79 Å². The van der Waals surface area contributed by atoms with Crippen LogP contribution in [-0.2, 0) is 5.41 Å². The van der Waals surface area contributed by atoms with Crippen molar-refractivity contribution >= 4 is 22.6 Å². The first-order valence-electron chi connectivity index (χ1n) is 7.77. The van der Waals surface area contributed by atoms with E-state index in [9.17, 15) is 4.79 Å². The average molecular weight is 327 g/mol. The number of nitrogens with zero attached hydrogens (tertiary/aromatic N) is 3. The number of carbonyl (C=O) groups is 1. The molecule has 120 valence electrons. The normalized spacial score (nSPS) is 12.3. The molecule has 0 amide bonds. The van der Waals surface area contributed by atoms with Crippen molar-refractivity contribution in [2.45, 2.75) is 46.0 Å². The summed E-state index contributed by atoms with van der Waals surface area (Å²) in [6.07, 6.45) is 0.844. The summed E-state index contributed by atoms with van der Waals surface area (Å²) in [6.45, 7) is 10.7.